The Hall–Kier alpha value is 0.720. The summed E-state index contributed by atoms with van der Waals surface area (Å²) in [5.41, 5.74) is 0. The molecule has 2 heterocycles. The molecule has 26 heavy (non-hydrogen) atoms. The monoisotopic (exact) mass is 504 g/mol. The van der Waals surface area contributed by atoms with Crippen molar-refractivity contribution >= 4 is 0 Å². The molecule has 0 aliphatic carbocycles. The molecular formula is C18H38Br2N2O4. The zero-order valence-corrected chi connectivity index (χ0v) is 19.7. The van der Waals surface area contributed by atoms with Crippen LogP contribution in [-0.4, -0.2) is 103 Å². The fraction of sp³-hybridized carbons (Fsp3) is 1.00. The second kappa shape index (κ2) is 15.6. The van der Waals surface area contributed by atoms with Crippen LogP contribution in [0.5, 0.6) is 0 Å². The van der Waals surface area contributed by atoms with Crippen molar-refractivity contribution in [2.45, 2.75) is 26.4 Å². The fourth-order valence-electron chi connectivity index (χ4n) is 3.58. The first kappa shape index (κ1) is 26.7. The largest absolute Gasteiger partial charge is 1.00 e. The number of nitrogens with zero attached hydrogens (tertiary/aromatic N) is 1. The van der Waals surface area contributed by atoms with Gasteiger partial charge in [-0.1, -0.05) is 0 Å². The van der Waals surface area contributed by atoms with Gasteiger partial charge in [-0.3, -0.25) is 0 Å². The molecule has 2 unspecified atom stereocenters. The van der Waals surface area contributed by atoms with Crippen molar-refractivity contribution in [3.63, 3.8) is 0 Å². The summed E-state index contributed by atoms with van der Waals surface area (Å²) in [4.78, 5) is 1.64. The summed E-state index contributed by atoms with van der Waals surface area (Å²) in [6.45, 7) is 18.1. The minimum atomic E-state index is 0. The van der Waals surface area contributed by atoms with Gasteiger partial charge < -0.3 is 62.3 Å². The second-order valence-electron chi connectivity index (χ2n) is 7.00. The Kier molecular flexibility index (Phi) is 16.1. The third kappa shape index (κ3) is 9.78. The van der Waals surface area contributed by atoms with Crippen LogP contribution in [0.1, 0.15) is 20.3 Å². The molecule has 6 nitrogen and oxygen atoms in total. The van der Waals surface area contributed by atoms with E-state index >= 15 is 0 Å². The summed E-state index contributed by atoms with van der Waals surface area (Å²) >= 11 is 0. The van der Waals surface area contributed by atoms with Crippen LogP contribution >= 0.6 is 0 Å². The van der Waals surface area contributed by atoms with Crippen LogP contribution in [-0.2, 0) is 18.9 Å². The van der Waals surface area contributed by atoms with E-state index in [1.54, 1.807) is 4.90 Å². The number of quaternary nitrogens is 2. The normalized spacial score (nSPS) is 25.2. The van der Waals surface area contributed by atoms with E-state index < -0.39 is 0 Å². The van der Waals surface area contributed by atoms with Gasteiger partial charge in [0, 0.05) is 13.0 Å². The minimum absolute atomic E-state index is 0. The van der Waals surface area contributed by atoms with E-state index in [4.69, 9.17) is 18.9 Å². The molecule has 2 saturated heterocycles. The summed E-state index contributed by atoms with van der Waals surface area (Å²) in [5, 5.41) is 0. The molecule has 0 radical (unpaired) electrons. The lowest BCUT2D eigenvalue weighted by Crippen LogP contribution is -3.14. The summed E-state index contributed by atoms with van der Waals surface area (Å²) in [7, 11) is 0. The van der Waals surface area contributed by atoms with E-state index in [2.05, 4.69) is 13.8 Å². The van der Waals surface area contributed by atoms with Gasteiger partial charge in [0.05, 0.1) is 52.7 Å². The number of halogens is 2. The molecule has 2 aliphatic rings. The minimum Gasteiger partial charge on any atom is -1.00 e. The molecule has 2 atom stereocenters. The van der Waals surface area contributed by atoms with Gasteiger partial charge in [-0.15, -0.1) is 0 Å². The Labute approximate surface area is 180 Å². The van der Waals surface area contributed by atoms with Crippen molar-refractivity contribution < 1.29 is 62.3 Å². The van der Waals surface area contributed by atoms with E-state index in [0.29, 0.717) is 19.3 Å². The fourth-order valence-corrected chi connectivity index (χ4v) is 3.58. The molecule has 0 aromatic carbocycles. The smallest absolute Gasteiger partial charge is 0.109 e. The van der Waals surface area contributed by atoms with Gasteiger partial charge in [0.1, 0.15) is 38.8 Å². The lowest BCUT2D eigenvalue weighted by Gasteiger charge is -2.40. The molecule has 1 N–H and O–H groups in total. The van der Waals surface area contributed by atoms with E-state index in [-0.39, 0.29) is 34.0 Å². The lowest BCUT2D eigenvalue weighted by atomic mass is 10.2. The number of hydrogen-bond donors (Lipinski definition) is 1. The molecule has 158 valence electrons. The van der Waals surface area contributed by atoms with Gasteiger partial charge in [-0.25, -0.2) is 0 Å². The van der Waals surface area contributed by atoms with Crippen LogP contribution in [0.4, 0.5) is 0 Å². The molecule has 0 aromatic heterocycles. The third-order valence-electron chi connectivity index (χ3n) is 5.58. The average molecular weight is 506 g/mol. The summed E-state index contributed by atoms with van der Waals surface area (Å²) in [6.07, 6.45) is 1.36. The number of hydrogen-bond acceptors (Lipinski definition) is 4. The van der Waals surface area contributed by atoms with Crippen LogP contribution in [0.25, 0.3) is 0 Å². The second-order valence-corrected chi connectivity index (χ2v) is 7.00. The summed E-state index contributed by atoms with van der Waals surface area (Å²) in [6, 6.07) is 0. The molecule has 2 aliphatic heterocycles. The van der Waals surface area contributed by atoms with Crippen molar-refractivity contribution in [1.29, 1.82) is 0 Å². The van der Waals surface area contributed by atoms with E-state index in [9.17, 15) is 0 Å². The van der Waals surface area contributed by atoms with Crippen molar-refractivity contribution in [2.24, 2.45) is 0 Å². The highest BCUT2D eigenvalue weighted by Gasteiger charge is 2.28. The highest BCUT2D eigenvalue weighted by atomic mass is 79.9. The van der Waals surface area contributed by atoms with E-state index in [0.717, 1.165) is 76.7 Å². The molecule has 0 spiro atoms. The first-order chi connectivity index (χ1) is 11.8. The molecule has 0 saturated carbocycles. The number of rotatable bonds is 11. The first-order valence-electron chi connectivity index (χ1n) is 9.81. The zero-order chi connectivity index (χ0) is 17.1. The topological polar surface area (TPSA) is 41.4 Å². The number of morpholine rings is 2. The Balaban J connectivity index is 0.00000312. The average Bonchev–Trinajstić information content (AvgIpc) is 2.65. The third-order valence-corrected chi connectivity index (χ3v) is 5.58. The highest BCUT2D eigenvalue weighted by Crippen LogP contribution is 2.10. The van der Waals surface area contributed by atoms with Crippen molar-refractivity contribution in [1.82, 2.24) is 0 Å². The zero-order valence-electron chi connectivity index (χ0n) is 16.5. The Bertz CT molecular complexity index is 334. The van der Waals surface area contributed by atoms with Crippen LogP contribution in [0, 0.1) is 0 Å². The van der Waals surface area contributed by atoms with Crippen LogP contribution < -0.4 is 38.9 Å². The lowest BCUT2D eigenvalue weighted by molar-refractivity contribution is -0.933. The number of nitrogens with one attached hydrogen (secondary N) is 1. The molecule has 0 aromatic rings. The Morgan fingerprint density at radius 3 is 2.31 bits per heavy atom. The van der Waals surface area contributed by atoms with E-state index in [1.807, 2.05) is 0 Å². The molecule has 0 amide bonds. The van der Waals surface area contributed by atoms with Gasteiger partial charge in [0.2, 0.25) is 0 Å². The van der Waals surface area contributed by atoms with Gasteiger partial charge in [0.15, 0.2) is 0 Å². The molecule has 8 heteroatoms. The maximum absolute atomic E-state index is 5.80. The van der Waals surface area contributed by atoms with Crippen molar-refractivity contribution in [2.75, 3.05) is 92.1 Å². The maximum atomic E-state index is 5.80. The Morgan fingerprint density at radius 2 is 1.65 bits per heavy atom. The van der Waals surface area contributed by atoms with Crippen LogP contribution in [0.3, 0.4) is 0 Å². The Morgan fingerprint density at radius 1 is 0.962 bits per heavy atom. The van der Waals surface area contributed by atoms with Gasteiger partial charge in [0.25, 0.3) is 0 Å². The standard InChI is InChI=1S/C18H37N2O4.2BrH/c1-3-19-6-11-24-18(17-19)5-10-21-15-16-23-14-9-20(4-2)7-12-22-13-8-20;;/h18H,3-17H2,1-2H3;2*1H/q+1;;/p-1. The number of ether oxygens (including phenoxy) is 4. The summed E-state index contributed by atoms with van der Waals surface area (Å²) < 4.78 is 23.9. The molecule has 2 fully saturated rings. The van der Waals surface area contributed by atoms with Crippen molar-refractivity contribution in [3.05, 3.63) is 0 Å². The van der Waals surface area contributed by atoms with Crippen LogP contribution in [0.2, 0.25) is 0 Å². The highest BCUT2D eigenvalue weighted by molar-refractivity contribution is 4.59. The molecule has 2 rings (SSSR count). The van der Waals surface area contributed by atoms with E-state index in [1.165, 1.54) is 13.1 Å². The predicted octanol–water partition coefficient (Wildman–Crippen LogP) is -6.41. The maximum Gasteiger partial charge on any atom is 0.109 e. The van der Waals surface area contributed by atoms with Crippen LogP contribution in [0.15, 0.2) is 0 Å². The quantitative estimate of drug-likeness (QED) is 0.224. The van der Waals surface area contributed by atoms with Crippen molar-refractivity contribution in [3.8, 4) is 0 Å². The van der Waals surface area contributed by atoms with Gasteiger partial charge in [-0.05, 0) is 13.8 Å². The SMILES string of the molecule is CC[NH+]1CCOC(CCOCCOCC[N+]2(CC)CCOCC2)C1.[Br-].[Br-]. The summed E-state index contributed by atoms with van der Waals surface area (Å²) in [5.74, 6) is 0. The first-order valence-corrected chi connectivity index (χ1v) is 9.81. The molecule has 0 bridgehead atoms. The van der Waals surface area contributed by atoms with Gasteiger partial charge >= 0.3 is 0 Å². The number of likely N-dealkylation sites (N-methyl/N-ethyl adjacent to an activating group) is 2. The predicted molar refractivity (Wildman–Crippen MR) is 93.5 cm³/mol. The van der Waals surface area contributed by atoms with Gasteiger partial charge in [-0.2, -0.15) is 0 Å². The molecular weight excluding hydrogens is 468 g/mol.